The summed E-state index contributed by atoms with van der Waals surface area (Å²) in [4.78, 5) is 26.2. The van der Waals surface area contributed by atoms with Gasteiger partial charge in [-0.1, -0.05) is 18.3 Å². The van der Waals surface area contributed by atoms with Crippen LogP contribution >= 0.6 is 11.3 Å². The number of amides is 1. The molecule has 0 atom stereocenters. The van der Waals surface area contributed by atoms with Gasteiger partial charge in [0.15, 0.2) is 0 Å². The zero-order valence-electron chi connectivity index (χ0n) is 18.2. The zero-order valence-corrected chi connectivity index (χ0v) is 19.8. The highest BCUT2D eigenvalue weighted by molar-refractivity contribution is 7.89. The van der Waals surface area contributed by atoms with Crippen LogP contribution in [-0.2, 0) is 22.7 Å². The number of fused-ring (bicyclic) bond motifs is 1. The zero-order chi connectivity index (χ0) is 24.7. The molecule has 1 aromatic heterocycles. The van der Waals surface area contributed by atoms with Gasteiger partial charge < -0.3 is 4.90 Å². The Bertz CT molecular complexity index is 1370. The molecule has 0 N–H and O–H groups in total. The molecule has 34 heavy (non-hydrogen) atoms. The third kappa shape index (κ3) is 4.62. The molecular weight excluding hydrogens is 491 g/mol. The Labute approximate surface area is 198 Å². The van der Waals surface area contributed by atoms with Gasteiger partial charge in [-0.3, -0.25) is 14.2 Å². The van der Waals surface area contributed by atoms with Crippen LogP contribution in [0.4, 0.5) is 13.2 Å². The quantitative estimate of drug-likeness (QED) is 0.522. The Balaban J connectivity index is 1.47. The SMILES string of the molecule is CCCn1c(=O)sc2cc(S(=O)(=O)N3CCN(C(=O)c4ccc(C(F)(F)F)cc4)CC3)ccc21. The monoisotopic (exact) mass is 513 g/mol. The molecule has 0 unspecified atom stereocenters. The minimum atomic E-state index is -4.49. The molecule has 1 amide bonds. The average molecular weight is 514 g/mol. The number of piperazine rings is 1. The Hall–Kier alpha value is -2.70. The number of halogens is 3. The molecule has 0 saturated carbocycles. The van der Waals surface area contributed by atoms with Crippen LogP contribution in [0.2, 0.25) is 0 Å². The number of nitrogens with zero attached hydrogens (tertiary/aromatic N) is 3. The van der Waals surface area contributed by atoms with E-state index >= 15 is 0 Å². The summed E-state index contributed by atoms with van der Waals surface area (Å²) >= 11 is 1.00. The second kappa shape index (κ2) is 9.16. The number of alkyl halides is 3. The maximum atomic E-state index is 13.2. The first kappa shape index (κ1) is 24.4. The first-order valence-electron chi connectivity index (χ1n) is 10.6. The number of aromatic nitrogens is 1. The number of benzene rings is 2. The molecule has 1 fully saturated rings. The Morgan fingerprint density at radius 3 is 2.26 bits per heavy atom. The molecule has 2 aromatic carbocycles. The smallest absolute Gasteiger partial charge is 0.336 e. The molecule has 12 heteroatoms. The van der Waals surface area contributed by atoms with E-state index in [1.165, 1.54) is 21.3 Å². The first-order valence-corrected chi connectivity index (χ1v) is 12.9. The number of sulfonamides is 1. The molecule has 1 aliphatic heterocycles. The Morgan fingerprint density at radius 1 is 1.03 bits per heavy atom. The van der Waals surface area contributed by atoms with Gasteiger partial charge in [-0.2, -0.15) is 17.5 Å². The second-order valence-corrected chi connectivity index (χ2v) is 10.9. The first-order chi connectivity index (χ1) is 16.0. The van der Waals surface area contributed by atoms with Gasteiger partial charge >= 0.3 is 11.0 Å². The summed E-state index contributed by atoms with van der Waals surface area (Å²) in [5, 5.41) is 0. The highest BCUT2D eigenvalue weighted by Gasteiger charge is 2.32. The van der Waals surface area contributed by atoms with E-state index < -0.39 is 27.7 Å². The van der Waals surface area contributed by atoms with Gasteiger partial charge in [0.1, 0.15) is 0 Å². The lowest BCUT2D eigenvalue weighted by molar-refractivity contribution is -0.137. The van der Waals surface area contributed by atoms with Crippen LogP contribution in [0.1, 0.15) is 29.3 Å². The summed E-state index contributed by atoms with van der Waals surface area (Å²) in [5.41, 5.74) is -0.0315. The van der Waals surface area contributed by atoms with Crippen LogP contribution in [0.15, 0.2) is 52.2 Å². The molecule has 0 aliphatic carbocycles. The van der Waals surface area contributed by atoms with Gasteiger partial charge in [-0.15, -0.1) is 0 Å². The van der Waals surface area contributed by atoms with E-state index in [-0.39, 0.29) is 41.5 Å². The van der Waals surface area contributed by atoms with E-state index in [9.17, 15) is 31.2 Å². The van der Waals surface area contributed by atoms with Gasteiger partial charge in [-0.05, 0) is 48.9 Å². The summed E-state index contributed by atoms with van der Waals surface area (Å²) in [7, 11) is -3.84. The van der Waals surface area contributed by atoms with Crippen LogP contribution in [0.25, 0.3) is 10.2 Å². The Morgan fingerprint density at radius 2 is 1.68 bits per heavy atom. The van der Waals surface area contributed by atoms with E-state index in [1.807, 2.05) is 6.92 Å². The van der Waals surface area contributed by atoms with Crippen molar-refractivity contribution in [3.8, 4) is 0 Å². The number of aryl methyl sites for hydroxylation is 1. The lowest BCUT2D eigenvalue weighted by atomic mass is 10.1. The van der Waals surface area contributed by atoms with Crippen molar-refractivity contribution in [2.45, 2.75) is 31.0 Å². The highest BCUT2D eigenvalue weighted by Crippen LogP contribution is 2.29. The van der Waals surface area contributed by atoms with E-state index in [0.717, 1.165) is 42.0 Å². The van der Waals surface area contributed by atoms with Gasteiger partial charge in [0.25, 0.3) is 5.91 Å². The lowest BCUT2D eigenvalue weighted by Crippen LogP contribution is -2.50. The molecule has 0 bridgehead atoms. The van der Waals surface area contributed by atoms with Crippen LogP contribution in [-0.4, -0.2) is 54.3 Å². The second-order valence-electron chi connectivity index (χ2n) is 7.92. The van der Waals surface area contributed by atoms with Crippen molar-refractivity contribution in [1.29, 1.82) is 0 Å². The molecule has 1 saturated heterocycles. The van der Waals surface area contributed by atoms with Crippen molar-refractivity contribution in [3.05, 3.63) is 63.3 Å². The standard InChI is InChI=1S/C22H22F3N3O4S2/c1-2-9-28-18-8-7-17(14-19(18)33-21(28)30)34(31,32)27-12-10-26(11-13-27)20(29)15-3-5-16(6-4-15)22(23,24)25/h3-8,14H,2,9-13H2,1H3. The molecule has 2 heterocycles. The van der Waals surface area contributed by atoms with Crippen LogP contribution in [0.5, 0.6) is 0 Å². The third-order valence-electron chi connectivity index (χ3n) is 5.71. The number of rotatable bonds is 5. The fourth-order valence-electron chi connectivity index (χ4n) is 3.91. The minimum absolute atomic E-state index is 0.0554. The predicted octanol–water partition coefficient (Wildman–Crippen LogP) is 3.64. The van der Waals surface area contributed by atoms with Crippen LogP contribution in [0, 0.1) is 0 Å². The largest absolute Gasteiger partial charge is 0.416 e. The molecule has 0 radical (unpaired) electrons. The molecule has 4 rings (SSSR count). The molecule has 3 aromatic rings. The van der Waals surface area contributed by atoms with Crippen molar-refractivity contribution in [2.24, 2.45) is 0 Å². The molecule has 7 nitrogen and oxygen atoms in total. The summed E-state index contributed by atoms with van der Waals surface area (Å²) < 4.78 is 68.0. The summed E-state index contributed by atoms with van der Waals surface area (Å²) in [6, 6.07) is 8.58. The van der Waals surface area contributed by atoms with Gasteiger partial charge in [0.2, 0.25) is 10.0 Å². The van der Waals surface area contributed by atoms with Gasteiger partial charge in [0.05, 0.1) is 20.7 Å². The van der Waals surface area contributed by atoms with Crippen molar-refractivity contribution < 1.29 is 26.4 Å². The van der Waals surface area contributed by atoms with Gasteiger partial charge in [-0.25, -0.2) is 8.42 Å². The highest BCUT2D eigenvalue weighted by atomic mass is 32.2. The molecular formula is C22H22F3N3O4S2. The van der Waals surface area contributed by atoms with Crippen LogP contribution in [0.3, 0.4) is 0 Å². The summed E-state index contributed by atoms with van der Waals surface area (Å²) in [6.45, 7) is 2.85. The molecule has 1 aliphatic rings. The molecule has 0 spiro atoms. The van der Waals surface area contributed by atoms with Crippen molar-refractivity contribution in [1.82, 2.24) is 13.8 Å². The fourth-order valence-corrected chi connectivity index (χ4v) is 6.39. The number of carbonyl (C=O) groups is 1. The van der Waals surface area contributed by atoms with Gasteiger partial charge in [0, 0.05) is 38.3 Å². The number of hydrogen-bond acceptors (Lipinski definition) is 5. The van der Waals surface area contributed by atoms with E-state index in [0.29, 0.717) is 16.8 Å². The predicted molar refractivity (Wildman–Crippen MR) is 122 cm³/mol. The lowest BCUT2D eigenvalue weighted by Gasteiger charge is -2.34. The fraction of sp³-hybridized carbons (Fsp3) is 0.364. The Kier molecular flexibility index (Phi) is 6.58. The van der Waals surface area contributed by atoms with Crippen molar-refractivity contribution in [3.63, 3.8) is 0 Å². The maximum Gasteiger partial charge on any atom is 0.416 e. The molecule has 182 valence electrons. The maximum absolute atomic E-state index is 13.2. The average Bonchev–Trinajstić information content (AvgIpc) is 3.12. The third-order valence-corrected chi connectivity index (χ3v) is 8.55. The number of hydrogen-bond donors (Lipinski definition) is 0. The topological polar surface area (TPSA) is 79.7 Å². The number of carbonyl (C=O) groups excluding carboxylic acids is 1. The van der Waals surface area contributed by atoms with Crippen LogP contribution < -0.4 is 4.87 Å². The minimum Gasteiger partial charge on any atom is -0.336 e. The van der Waals surface area contributed by atoms with E-state index in [4.69, 9.17) is 0 Å². The van der Waals surface area contributed by atoms with Crippen molar-refractivity contribution >= 4 is 37.5 Å². The summed E-state index contributed by atoms with van der Waals surface area (Å²) in [6.07, 6.45) is -3.71. The summed E-state index contributed by atoms with van der Waals surface area (Å²) in [5.74, 6) is -0.450. The number of thiazole rings is 1. The van der Waals surface area contributed by atoms with E-state index in [1.54, 1.807) is 10.6 Å². The van der Waals surface area contributed by atoms with Crippen molar-refractivity contribution in [2.75, 3.05) is 26.2 Å². The van der Waals surface area contributed by atoms with E-state index in [2.05, 4.69) is 0 Å². The normalized spacial score (nSPS) is 15.7.